The van der Waals surface area contributed by atoms with Crippen molar-refractivity contribution in [1.29, 1.82) is 0 Å². The molecule has 138 valence electrons. The molecule has 0 bridgehead atoms. The number of carbonyl (C=O) groups is 1. The fourth-order valence-corrected chi connectivity index (χ4v) is 3.10. The second kappa shape index (κ2) is 8.49. The van der Waals surface area contributed by atoms with E-state index >= 15 is 0 Å². The van der Waals surface area contributed by atoms with Crippen LogP contribution < -0.4 is 10.2 Å². The number of carbonyl (C=O) groups excluding carboxylic acids is 1. The third-order valence-electron chi connectivity index (χ3n) is 4.67. The number of nitrogens with zero attached hydrogens (tertiary/aromatic N) is 2. The molecule has 1 N–H and O–H groups in total. The molecule has 1 amide bonds. The van der Waals surface area contributed by atoms with Gasteiger partial charge < -0.3 is 10.2 Å². The molecular formula is C23H25N3O. The highest BCUT2D eigenvalue weighted by Crippen LogP contribution is 2.23. The molecule has 0 atom stereocenters. The minimum absolute atomic E-state index is 0.138. The summed E-state index contributed by atoms with van der Waals surface area (Å²) in [5.41, 5.74) is 5.77. The summed E-state index contributed by atoms with van der Waals surface area (Å²) in [6.45, 7) is 4.85. The van der Waals surface area contributed by atoms with Gasteiger partial charge in [0.15, 0.2) is 0 Å². The molecule has 2 aromatic carbocycles. The maximum absolute atomic E-state index is 12.8. The molecule has 3 rings (SSSR count). The molecule has 0 aliphatic heterocycles. The predicted molar refractivity (Wildman–Crippen MR) is 111 cm³/mol. The van der Waals surface area contributed by atoms with E-state index in [-0.39, 0.29) is 5.91 Å². The average molecular weight is 359 g/mol. The van der Waals surface area contributed by atoms with Crippen LogP contribution in [0.15, 0.2) is 67.0 Å². The molecule has 0 fully saturated rings. The van der Waals surface area contributed by atoms with Gasteiger partial charge in [-0.3, -0.25) is 9.78 Å². The fourth-order valence-electron chi connectivity index (χ4n) is 3.10. The van der Waals surface area contributed by atoms with Crippen molar-refractivity contribution in [3.63, 3.8) is 0 Å². The van der Waals surface area contributed by atoms with Gasteiger partial charge in [-0.05, 0) is 36.1 Å². The first-order valence-electron chi connectivity index (χ1n) is 9.18. The van der Waals surface area contributed by atoms with Gasteiger partial charge in [-0.15, -0.1) is 0 Å². The van der Waals surface area contributed by atoms with E-state index in [0.717, 1.165) is 35.5 Å². The van der Waals surface area contributed by atoms with Crippen LogP contribution in [0.2, 0.25) is 0 Å². The summed E-state index contributed by atoms with van der Waals surface area (Å²) in [7, 11) is 2.00. The van der Waals surface area contributed by atoms with E-state index in [9.17, 15) is 4.79 Å². The molecule has 0 radical (unpaired) electrons. The first kappa shape index (κ1) is 18.6. The van der Waals surface area contributed by atoms with Gasteiger partial charge in [0.05, 0.1) is 17.4 Å². The van der Waals surface area contributed by atoms with E-state index in [4.69, 9.17) is 0 Å². The Kier molecular flexibility index (Phi) is 5.87. The number of hydrogen-bond acceptors (Lipinski definition) is 3. The summed E-state index contributed by atoms with van der Waals surface area (Å²) in [5.74, 6) is -0.138. The first-order valence-corrected chi connectivity index (χ1v) is 9.18. The Morgan fingerprint density at radius 2 is 1.85 bits per heavy atom. The number of aromatic nitrogens is 1. The Balaban J connectivity index is 1.78. The number of para-hydroxylation sites is 1. The first-order chi connectivity index (χ1) is 13.1. The van der Waals surface area contributed by atoms with Crippen LogP contribution in [0.25, 0.3) is 0 Å². The quantitative estimate of drug-likeness (QED) is 0.685. The minimum atomic E-state index is -0.138. The highest BCUT2D eigenvalue weighted by atomic mass is 16.1. The third kappa shape index (κ3) is 4.53. The lowest BCUT2D eigenvalue weighted by atomic mass is 10.1. The topological polar surface area (TPSA) is 45.2 Å². The van der Waals surface area contributed by atoms with Crippen molar-refractivity contribution in [2.24, 2.45) is 0 Å². The number of hydrogen-bond donors (Lipinski definition) is 1. The third-order valence-corrected chi connectivity index (χ3v) is 4.67. The summed E-state index contributed by atoms with van der Waals surface area (Å²) in [4.78, 5) is 19.2. The van der Waals surface area contributed by atoms with Gasteiger partial charge in [-0.2, -0.15) is 0 Å². The van der Waals surface area contributed by atoms with Gasteiger partial charge in [0.2, 0.25) is 0 Å². The lowest BCUT2D eigenvalue weighted by Crippen LogP contribution is -2.19. The van der Waals surface area contributed by atoms with Crippen molar-refractivity contribution in [3.05, 3.63) is 89.2 Å². The second-order valence-electron chi connectivity index (χ2n) is 6.69. The van der Waals surface area contributed by atoms with Gasteiger partial charge in [0, 0.05) is 25.5 Å². The lowest BCUT2D eigenvalue weighted by molar-refractivity contribution is 0.102. The summed E-state index contributed by atoms with van der Waals surface area (Å²) < 4.78 is 0. The molecule has 0 unspecified atom stereocenters. The molecule has 4 heteroatoms. The van der Waals surface area contributed by atoms with E-state index in [2.05, 4.69) is 34.3 Å². The van der Waals surface area contributed by atoms with E-state index < -0.39 is 0 Å². The summed E-state index contributed by atoms with van der Waals surface area (Å²) in [5, 5.41) is 3.06. The largest absolute Gasteiger partial charge is 0.369 e. The lowest BCUT2D eigenvalue weighted by Gasteiger charge is -2.20. The van der Waals surface area contributed by atoms with E-state index in [1.54, 1.807) is 12.4 Å². The van der Waals surface area contributed by atoms with Crippen molar-refractivity contribution in [2.45, 2.75) is 26.8 Å². The van der Waals surface area contributed by atoms with Gasteiger partial charge in [-0.25, -0.2) is 0 Å². The van der Waals surface area contributed by atoms with Crippen LogP contribution in [0, 0.1) is 6.92 Å². The van der Waals surface area contributed by atoms with Crippen LogP contribution in [-0.2, 0) is 13.0 Å². The standard InChI is InChI=1S/C23H25N3O/c1-4-19-12-8-9-17(2)22(19)25-23(27)20-13-21(15-24-14-20)26(3)16-18-10-6-5-7-11-18/h5-15H,4,16H2,1-3H3,(H,25,27). The van der Waals surface area contributed by atoms with Crippen molar-refractivity contribution in [1.82, 2.24) is 4.98 Å². The molecule has 0 spiro atoms. The normalized spacial score (nSPS) is 10.5. The number of anilines is 2. The second-order valence-corrected chi connectivity index (χ2v) is 6.69. The van der Waals surface area contributed by atoms with Crippen LogP contribution in [0.1, 0.15) is 34.0 Å². The van der Waals surface area contributed by atoms with E-state index in [1.807, 2.05) is 56.4 Å². The average Bonchev–Trinajstić information content (AvgIpc) is 2.70. The van der Waals surface area contributed by atoms with Gasteiger partial charge >= 0.3 is 0 Å². The number of aryl methyl sites for hydroxylation is 2. The number of benzene rings is 2. The highest BCUT2D eigenvalue weighted by Gasteiger charge is 2.13. The molecule has 4 nitrogen and oxygen atoms in total. The van der Waals surface area contributed by atoms with E-state index in [0.29, 0.717) is 5.56 Å². The molecule has 0 aliphatic rings. The summed E-state index contributed by atoms with van der Waals surface area (Å²) in [6, 6.07) is 18.2. The minimum Gasteiger partial charge on any atom is -0.369 e. The van der Waals surface area contributed by atoms with Crippen molar-refractivity contribution >= 4 is 17.3 Å². The number of rotatable bonds is 6. The molecule has 3 aromatic rings. The summed E-state index contributed by atoms with van der Waals surface area (Å²) in [6.07, 6.45) is 4.26. The smallest absolute Gasteiger partial charge is 0.257 e. The van der Waals surface area contributed by atoms with Crippen molar-refractivity contribution in [3.8, 4) is 0 Å². The molecule has 0 aliphatic carbocycles. The zero-order valence-corrected chi connectivity index (χ0v) is 16.1. The Labute approximate surface area is 160 Å². The monoisotopic (exact) mass is 359 g/mol. The number of amides is 1. The van der Waals surface area contributed by atoms with Gasteiger partial charge in [0.1, 0.15) is 0 Å². The molecule has 27 heavy (non-hydrogen) atoms. The van der Waals surface area contributed by atoms with Crippen molar-refractivity contribution in [2.75, 3.05) is 17.3 Å². The molecule has 1 aromatic heterocycles. The SMILES string of the molecule is CCc1cccc(C)c1NC(=O)c1cncc(N(C)Cc2ccccc2)c1. The zero-order valence-electron chi connectivity index (χ0n) is 16.1. The number of nitrogens with one attached hydrogen (secondary N) is 1. The highest BCUT2D eigenvalue weighted by molar-refractivity contribution is 6.05. The number of pyridine rings is 1. The Hall–Kier alpha value is -3.14. The van der Waals surface area contributed by atoms with E-state index in [1.165, 1.54) is 5.56 Å². The van der Waals surface area contributed by atoms with Crippen LogP contribution in [0.4, 0.5) is 11.4 Å². The van der Waals surface area contributed by atoms with Crippen LogP contribution in [0.5, 0.6) is 0 Å². The van der Waals surface area contributed by atoms with Gasteiger partial charge in [0.25, 0.3) is 5.91 Å². The van der Waals surface area contributed by atoms with Gasteiger partial charge in [-0.1, -0.05) is 55.5 Å². The Morgan fingerprint density at radius 1 is 1.07 bits per heavy atom. The van der Waals surface area contributed by atoms with Crippen molar-refractivity contribution < 1.29 is 4.79 Å². The molecule has 0 saturated heterocycles. The fraction of sp³-hybridized carbons (Fsp3) is 0.217. The maximum Gasteiger partial charge on any atom is 0.257 e. The Morgan fingerprint density at radius 3 is 2.59 bits per heavy atom. The zero-order chi connectivity index (χ0) is 19.2. The van der Waals surface area contributed by atoms with Crippen LogP contribution in [-0.4, -0.2) is 17.9 Å². The summed E-state index contributed by atoms with van der Waals surface area (Å²) >= 11 is 0. The molecular weight excluding hydrogens is 334 g/mol. The van der Waals surface area contributed by atoms with Crippen LogP contribution in [0.3, 0.4) is 0 Å². The maximum atomic E-state index is 12.8. The Bertz CT molecular complexity index is 922. The van der Waals surface area contributed by atoms with Crippen LogP contribution >= 0.6 is 0 Å². The molecule has 1 heterocycles. The predicted octanol–water partition coefficient (Wildman–Crippen LogP) is 4.84. The molecule has 0 saturated carbocycles.